The first-order valence-corrected chi connectivity index (χ1v) is 6.97. The van der Waals surface area contributed by atoms with E-state index in [4.69, 9.17) is 5.26 Å². The quantitative estimate of drug-likeness (QED) is 0.477. The van der Waals surface area contributed by atoms with Gasteiger partial charge in [0.2, 0.25) is 0 Å². The number of allylic oxidation sites excluding steroid dienone is 1. The zero-order valence-corrected chi connectivity index (χ0v) is 9.19. The average molecular weight is 187 g/mol. The fourth-order valence-electron chi connectivity index (χ4n) is 0.722. The summed E-state index contributed by atoms with van der Waals surface area (Å²) < 4.78 is 11.6. The average Bonchev–Trinajstić information content (AvgIpc) is 1.83. The van der Waals surface area contributed by atoms with Crippen LogP contribution in [0.3, 0.4) is 0 Å². The lowest BCUT2D eigenvalue weighted by atomic mass is 10.3. The highest BCUT2D eigenvalue weighted by molar-refractivity contribution is 8.08. The van der Waals surface area contributed by atoms with Gasteiger partial charge in [-0.15, -0.1) is 0 Å². The maximum atomic E-state index is 11.6. The third-order valence-electron chi connectivity index (χ3n) is 1.18. The number of nitriles is 1. The second-order valence-electron chi connectivity index (χ2n) is 2.91. The van der Waals surface area contributed by atoms with Crippen LogP contribution in [0.25, 0.3) is 0 Å². The van der Waals surface area contributed by atoms with E-state index in [1.54, 1.807) is 0 Å². The summed E-state index contributed by atoms with van der Waals surface area (Å²) in [6, 6.07) is 1.85. The monoisotopic (exact) mass is 187 g/mol. The molecule has 0 aromatic heterocycles. The van der Waals surface area contributed by atoms with Gasteiger partial charge in [-0.25, -0.2) is 0 Å². The molecule has 0 aliphatic heterocycles. The summed E-state index contributed by atoms with van der Waals surface area (Å²) >= 11 is 0. The van der Waals surface area contributed by atoms with Gasteiger partial charge in [0.15, 0.2) is 0 Å². The summed E-state index contributed by atoms with van der Waals surface area (Å²) in [6.07, 6.45) is 0. The van der Waals surface area contributed by atoms with Gasteiger partial charge in [0.1, 0.15) is 6.07 Å². The Morgan fingerprint density at radius 2 is 2.27 bits per heavy atom. The molecule has 0 aromatic rings. The summed E-state index contributed by atoms with van der Waals surface area (Å²) in [7, 11) is -0.702. The molecule has 1 atom stereocenters. The summed E-state index contributed by atoms with van der Waals surface area (Å²) in [6.45, 7) is 7.44. The Morgan fingerprint density at radius 3 is 2.55 bits per heavy atom. The minimum atomic E-state index is -2.09. The van der Waals surface area contributed by atoms with Crippen molar-refractivity contribution < 1.29 is 4.21 Å². The molecule has 0 aliphatic rings. The molecule has 0 spiro atoms. The Hall–Kier alpha value is -0.403. The van der Waals surface area contributed by atoms with Crippen molar-refractivity contribution in [1.82, 2.24) is 0 Å². The molecule has 0 aromatic carbocycles. The second kappa shape index (κ2) is 3.84. The molecule has 1 unspecified atom stereocenters. The third-order valence-corrected chi connectivity index (χ3v) is 5.12. The summed E-state index contributed by atoms with van der Waals surface area (Å²) in [5.41, 5.74) is 0. The van der Waals surface area contributed by atoms with Gasteiger partial charge >= 0.3 is 0 Å². The molecule has 0 amide bonds. The highest BCUT2D eigenvalue weighted by atomic mass is 32.3. The minimum absolute atomic E-state index is 0.226. The lowest BCUT2D eigenvalue weighted by Gasteiger charge is -2.09. The van der Waals surface area contributed by atoms with E-state index in [1.807, 2.05) is 19.9 Å². The topological polar surface area (TPSA) is 40.9 Å². The SMILES string of the molecule is C=C(C#N)S(=O)(=[SiH2])CC(C)C. The predicted molar refractivity (Wildman–Crippen MR) is 51.1 cm³/mol. The molecule has 2 nitrogen and oxygen atoms in total. The number of rotatable bonds is 3. The Labute approximate surface area is 70.9 Å². The van der Waals surface area contributed by atoms with Crippen LogP contribution in [0.5, 0.6) is 0 Å². The normalized spacial score (nSPS) is 15.5. The number of nitrogens with zero attached hydrogens (tertiary/aromatic N) is 1. The molecular formula is C7H13NOSSi. The summed E-state index contributed by atoms with van der Waals surface area (Å²) in [4.78, 5) is 0.226. The van der Waals surface area contributed by atoms with Crippen molar-refractivity contribution in [3.8, 4) is 6.07 Å². The van der Waals surface area contributed by atoms with Crippen LogP contribution in [0.1, 0.15) is 13.8 Å². The molecule has 11 heavy (non-hydrogen) atoms. The highest BCUT2D eigenvalue weighted by Gasteiger charge is 2.09. The summed E-state index contributed by atoms with van der Waals surface area (Å²) in [5.74, 6) is 0.919. The van der Waals surface area contributed by atoms with Gasteiger partial charge in [0.05, 0.1) is 13.9 Å². The van der Waals surface area contributed by atoms with Crippen molar-refractivity contribution in [3.63, 3.8) is 0 Å². The van der Waals surface area contributed by atoms with Crippen LogP contribution in [-0.4, -0.2) is 18.9 Å². The maximum Gasteiger partial charge on any atom is 0.107 e. The van der Waals surface area contributed by atoms with Crippen LogP contribution < -0.4 is 0 Å². The maximum absolute atomic E-state index is 11.6. The standard InChI is InChI=1S/C7H13NOSSi/c1-6(2)5-10(9,11)7(3)4-8/h6H,3,5,11H2,1-2H3. The zero-order valence-electron chi connectivity index (χ0n) is 6.96. The first-order chi connectivity index (χ1) is 4.90. The van der Waals surface area contributed by atoms with Gasteiger partial charge in [0, 0.05) is 5.75 Å². The largest absolute Gasteiger partial charge is 0.269 e. The minimum Gasteiger partial charge on any atom is -0.269 e. The molecule has 0 radical (unpaired) electrons. The van der Waals surface area contributed by atoms with Gasteiger partial charge in [-0.05, 0) is 14.8 Å². The Kier molecular flexibility index (Phi) is 3.70. The Balaban J connectivity index is 4.53. The third kappa shape index (κ3) is 3.49. The van der Waals surface area contributed by atoms with Crippen molar-refractivity contribution in [2.45, 2.75) is 13.8 Å². The molecule has 0 saturated carbocycles. The van der Waals surface area contributed by atoms with Crippen LogP contribution in [0.2, 0.25) is 0 Å². The number of hydrogen-bond acceptors (Lipinski definition) is 2. The first kappa shape index (κ1) is 10.6. The van der Waals surface area contributed by atoms with Crippen LogP contribution in [0.15, 0.2) is 11.5 Å². The molecule has 62 valence electrons. The van der Waals surface area contributed by atoms with E-state index in [9.17, 15) is 4.21 Å². The molecular weight excluding hydrogens is 174 g/mol. The van der Waals surface area contributed by atoms with Crippen molar-refractivity contribution in [2.75, 3.05) is 5.75 Å². The van der Waals surface area contributed by atoms with E-state index in [1.165, 1.54) is 8.95 Å². The van der Waals surface area contributed by atoms with E-state index < -0.39 is 8.93 Å². The van der Waals surface area contributed by atoms with Crippen molar-refractivity contribution in [1.29, 1.82) is 5.26 Å². The molecule has 0 fully saturated rings. The van der Waals surface area contributed by atoms with Gasteiger partial charge in [-0.2, -0.15) is 5.26 Å². The van der Waals surface area contributed by atoms with Crippen LogP contribution in [0, 0.1) is 17.2 Å². The molecule has 0 heterocycles. The molecule has 0 bridgehead atoms. The fraction of sp³-hybridized carbons (Fsp3) is 0.571. The van der Waals surface area contributed by atoms with Gasteiger partial charge in [-0.1, -0.05) is 20.4 Å². The van der Waals surface area contributed by atoms with E-state index >= 15 is 0 Å². The van der Waals surface area contributed by atoms with E-state index in [2.05, 4.69) is 6.58 Å². The Morgan fingerprint density at radius 1 is 1.82 bits per heavy atom. The van der Waals surface area contributed by atoms with Crippen molar-refractivity contribution >= 4 is 17.9 Å². The van der Waals surface area contributed by atoms with Crippen LogP contribution >= 0.6 is 0 Å². The second-order valence-corrected chi connectivity index (χ2v) is 8.16. The molecule has 0 aliphatic carbocycles. The fourth-order valence-corrected chi connectivity index (χ4v) is 3.77. The smallest absolute Gasteiger partial charge is 0.107 e. The van der Waals surface area contributed by atoms with Gasteiger partial charge in [-0.3, -0.25) is 4.21 Å². The lowest BCUT2D eigenvalue weighted by Crippen LogP contribution is -2.12. The molecule has 0 N–H and O–H groups in total. The van der Waals surface area contributed by atoms with E-state index in [0.29, 0.717) is 11.7 Å². The van der Waals surface area contributed by atoms with Gasteiger partial charge < -0.3 is 0 Å². The van der Waals surface area contributed by atoms with E-state index in [0.717, 1.165) is 0 Å². The molecule has 0 rings (SSSR count). The van der Waals surface area contributed by atoms with Crippen LogP contribution in [-0.2, 0) is 8.93 Å². The predicted octanol–water partition coefficient (Wildman–Crippen LogP) is 0.512. The van der Waals surface area contributed by atoms with E-state index in [-0.39, 0.29) is 4.91 Å². The summed E-state index contributed by atoms with van der Waals surface area (Å²) in [5, 5.41) is 8.46. The lowest BCUT2D eigenvalue weighted by molar-refractivity contribution is 0.668. The number of hydrogen-bond donors (Lipinski definition) is 0. The Bertz CT molecular complexity index is 284. The first-order valence-electron chi connectivity index (χ1n) is 3.34. The van der Waals surface area contributed by atoms with Crippen molar-refractivity contribution in [2.24, 2.45) is 5.92 Å². The van der Waals surface area contributed by atoms with Gasteiger partial charge in [0.25, 0.3) is 0 Å². The molecule has 4 heteroatoms. The zero-order chi connectivity index (χ0) is 9.07. The molecule has 0 saturated heterocycles. The van der Waals surface area contributed by atoms with Crippen molar-refractivity contribution in [3.05, 3.63) is 11.5 Å². The highest BCUT2D eigenvalue weighted by Crippen LogP contribution is 2.07. The van der Waals surface area contributed by atoms with Crippen LogP contribution in [0.4, 0.5) is 0 Å².